The zero-order chi connectivity index (χ0) is 24.9. The van der Waals surface area contributed by atoms with Crippen LogP contribution < -0.4 is 5.32 Å². The minimum Gasteiger partial charge on any atom is -0.508 e. The van der Waals surface area contributed by atoms with Gasteiger partial charge in [-0.2, -0.15) is 0 Å². The lowest BCUT2D eigenvalue weighted by molar-refractivity contribution is 0.445. The molecule has 178 valence electrons. The van der Waals surface area contributed by atoms with Crippen molar-refractivity contribution in [3.05, 3.63) is 65.4 Å². The van der Waals surface area contributed by atoms with Gasteiger partial charge in [-0.1, -0.05) is 44.3 Å². The minimum atomic E-state index is 0.111. The van der Waals surface area contributed by atoms with Gasteiger partial charge < -0.3 is 20.1 Å². The van der Waals surface area contributed by atoms with Crippen molar-refractivity contribution in [2.24, 2.45) is 13.0 Å². The lowest BCUT2D eigenvalue weighted by atomic mass is 10.0. The van der Waals surface area contributed by atoms with E-state index in [0.29, 0.717) is 11.8 Å². The van der Waals surface area contributed by atoms with E-state index in [-0.39, 0.29) is 11.5 Å². The third-order valence-electron chi connectivity index (χ3n) is 5.74. The van der Waals surface area contributed by atoms with Gasteiger partial charge in [0.05, 0.1) is 4.99 Å². The van der Waals surface area contributed by atoms with Crippen LogP contribution in [0.15, 0.2) is 43.1 Å². The van der Waals surface area contributed by atoms with Crippen molar-refractivity contribution >= 4 is 33.7 Å². The number of hydrogen-bond acceptors (Lipinski definition) is 3. The number of phenols is 2. The highest BCUT2D eigenvalue weighted by Gasteiger charge is 2.27. The molecule has 0 bridgehead atoms. The number of nitrogens with zero attached hydrogens (tertiary/aromatic N) is 1. The van der Waals surface area contributed by atoms with Crippen LogP contribution in [0.1, 0.15) is 61.8 Å². The van der Waals surface area contributed by atoms with Gasteiger partial charge in [-0.05, 0) is 74.4 Å². The molecule has 3 aromatic rings. The Balaban J connectivity index is 0.000000186. The highest BCUT2D eigenvalue weighted by atomic mass is 32.1. The Hall–Kier alpha value is -2.79. The molecular formula is C28H38N2O2S. The van der Waals surface area contributed by atoms with Crippen molar-refractivity contribution in [1.29, 1.82) is 0 Å². The van der Waals surface area contributed by atoms with E-state index in [9.17, 15) is 10.2 Å². The normalized spacial score (nSPS) is 12.5. The topological polar surface area (TPSA) is 57.4 Å². The molecule has 1 saturated carbocycles. The summed E-state index contributed by atoms with van der Waals surface area (Å²) in [5.41, 5.74) is 6.51. The first-order chi connectivity index (χ1) is 15.5. The summed E-state index contributed by atoms with van der Waals surface area (Å²) in [5, 5.41) is 23.5. The third-order valence-corrected chi connectivity index (χ3v) is 6.41. The molecule has 4 rings (SSSR count). The largest absolute Gasteiger partial charge is 0.508 e. The van der Waals surface area contributed by atoms with Gasteiger partial charge in [0.1, 0.15) is 11.5 Å². The van der Waals surface area contributed by atoms with Gasteiger partial charge >= 0.3 is 0 Å². The van der Waals surface area contributed by atoms with Gasteiger partial charge in [-0.25, -0.2) is 0 Å². The molecular weight excluding hydrogens is 428 g/mol. The van der Waals surface area contributed by atoms with Gasteiger partial charge in [-0.15, -0.1) is 0 Å². The van der Waals surface area contributed by atoms with Crippen LogP contribution in [0.2, 0.25) is 0 Å². The van der Waals surface area contributed by atoms with Gasteiger partial charge in [-0.3, -0.25) is 0 Å². The Bertz CT molecular complexity index is 1140. The average Bonchev–Trinajstić information content (AvgIpc) is 3.54. The van der Waals surface area contributed by atoms with E-state index in [1.165, 1.54) is 28.1 Å². The predicted molar refractivity (Wildman–Crippen MR) is 145 cm³/mol. The van der Waals surface area contributed by atoms with Crippen LogP contribution in [-0.2, 0) is 7.05 Å². The van der Waals surface area contributed by atoms with Crippen molar-refractivity contribution in [2.75, 3.05) is 7.05 Å². The van der Waals surface area contributed by atoms with Crippen molar-refractivity contribution in [3.8, 4) is 11.5 Å². The summed E-state index contributed by atoms with van der Waals surface area (Å²) in [5.74, 6) is 1.28. The molecule has 1 aliphatic carbocycles. The van der Waals surface area contributed by atoms with Gasteiger partial charge in [0.25, 0.3) is 0 Å². The van der Waals surface area contributed by atoms with E-state index in [1.807, 2.05) is 20.0 Å². The fraction of sp³-hybridized carbons (Fsp3) is 0.393. The molecule has 5 heteroatoms. The van der Waals surface area contributed by atoms with Crippen molar-refractivity contribution < 1.29 is 10.2 Å². The number of nitrogens with one attached hydrogen (secondary N) is 1. The minimum absolute atomic E-state index is 0.111. The fourth-order valence-electron chi connectivity index (χ4n) is 3.65. The van der Waals surface area contributed by atoms with Crippen LogP contribution in [0, 0.1) is 19.8 Å². The molecule has 0 radical (unpaired) electrons. The summed E-state index contributed by atoms with van der Waals surface area (Å²) < 4.78 is 2.17. The maximum atomic E-state index is 9.62. The number of phenolic OH excluding ortho intramolecular Hbond substituents is 2. The standard InChI is InChI=1S/C12H14O2.C11H13N.C5H11NS/c1-7(2)9-5-10(8-3-4-8)12(14)6-11(9)13;1-8-4-5-11-10(6-8)9(2)7-12(11)3;1-4(2)5(7)6-3/h5-6,8,13-14H,1,3-4H2,2H3;4-7H,1-3H3;4H,1-3H3,(H,6,7). The number of fused-ring (bicyclic) bond motifs is 1. The highest BCUT2D eigenvalue weighted by molar-refractivity contribution is 7.80. The van der Waals surface area contributed by atoms with Crippen LogP contribution in [0.25, 0.3) is 16.5 Å². The van der Waals surface area contributed by atoms with Gasteiger partial charge in [0, 0.05) is 48.7 Å². The van der Waals surface area contributed by atoms with E-state index in [1.54, 1.807) is 0 Å². The maximum absolute atomic E-state index is 9.62. The van der Waals surface area contributed by atoms with E-state index in [2.05, 4.69) is 75.6 Å². The summed E-state index contributed by atoms with van der Waals surface area (Å²) in [6.07, 6.45) is 4.44. The number of aryl methyl sites for hydroxylation is 3. The van der Waals surface area contributed by atoms with Crippen molar-refractivity contribution in [3.63, 3.8) is 0 Å². The van der Waals surface area contributed by atoms with E-state index in [0.717, 1.165) is 34.5 Å². The molecule has 3 N–H and O–H groups in total. The van der Waals surface area contributed by atoms with E-state index in [4.69, 9.17) is 12.2 Å². The summed E-state index contributed by atoms with van der Waals surface area (Å²) in [4.78, 5) is 0.931. The molecule has 1 fully saturated rings. The summed E-state index contributed by atoms with van der Waals surface area (Å²) in [6, 6.07) is 9.84. The average molecular weight is 467 g/mol. The number of rotatable bonds is 3. The molecule has 4 nitrogen and oxygen atoms in total. The molecule has 0 aliphatic heterocycles. The lowest BCUT2D eigenvalue weighted by Gasteiger charge is -2.09. The monoisotopic (exact) mass is 466 g/mol. The molecule has 0 unspecified atom stereocenters. The number of hydrogen-bond donors (Lipinski definition) is 3. The number of thiocarbonyl (C=S) groups is 1. The lowest BCUT2D eigenvalue weighted by Crippen LogP contribution is -2.20. The SMILES string of the molecule is C=C(C)c1cc(C2CC2)c(O)cc1O.CNC(=S)C(C)C.Cc1ccc2c(c1)c(C)cn2C. The Labute approximate surface area is 204 Å². The van der Waals surface area contributed by atoms with Crippen LogP contribution in [0.3, 0.4) is 0 Å². The number of benzene rings is 2. The zero-order valence-corrected chi connectivity index (χ0v) is 21.8. The van der Waals surface area contributed by atoms with Gasteiger partial charge in [0.15, 0.2) is 0 Å². The van der Waals surface area contributed by atoms with E-state index < -0.39 is 0 Å². The molecule has 0 spiro atoms. The van der Waals surface area contributed by atoms with Crippen molar-refractivity contribution in [2.45, 2.75) is 53.4 Å². The van der Waals surface area contributed by atoms with Crippen LogP contribution in [-0.4, -0.2) is 26.8 Å². The Morgan fingerprint density at radius 1 is 1.12 bits per heavy atom. The Morgan fingerprint density at radius 2 is 1.76 bits per heavy atom. The van der Waals surface area contributed by atoms with Gasteiger partial charge in [0.2, 0.25) is 0 Å². The third kappa shape index (κ3) is 7.10. The number of aromatic nitrogens is 1. The van der Waals surface area contributed by atoms with Crippen molar-refractivity contribution in [1.82, 2.24) is 9.88 Å². The van der Waals surface area contributed by atoms with Crippen LogP contribution >= 0.6 is 12.2 Å². The molecule has 33 heavy (non-hydrogen) atoms. The molecule has 0 saturated heterocycles. The molecule has 1 heterocycles. The second-order valence-corrected chi connectivity index (χ2v) is 9.64. The highest BCUT2D eigenvalue weighted by Crippen LogP contribution is 2.46. The molecule has 2 aromatic carbocycles. The van der Waals surface area contributed by atoms with Crippen LogP contribution in [0.4, 0.5) is 0 Å². The smallest absolute Gasteiger partial charge is 0.126 e. The first-order valence-electron chi connectivity index (χ1n) is 11.4. The Morgan fingerprint density at radius 3 is 2.24 bits per heavy atom. The predicted octanol–water partition coefficient (Wildman–Crippen LogP) is 6.99. The quantitative estimate of drug-likeness (QED) is 0.364. The molecule has 1 aromatic heterocycles. The summed E-state index contributed by atoms with van der Waals surface area (Å²) >= 11 is 4.87. The second kappa shape index (κ2) is 11.4. The second-order valence-electron chi connectivity index (χ2n) is 9.20. The zero-order valence-electron chi connectivity index (χ0n) is 21.0. The summed E-state index contributed by atoms with van der Waals surface area (Å²) in [6.45, 7) is 14.1. The first kappa shape index (κ1) is 26.5. The molecule has 0 atom stereocenters. The number of allylic oxidation sites excluding steroid dienone is 1. The molecule has 1 aliphatic rings. The summed E-state index contributed by atoms with van der Waals surface area (Å²) in [7, 11) is 3.94. The fourth-order valence-corrected chi connectivity index (χ4v) is 3.65. The maximum Gasteiger partial charge on any atom is 0.126 e. The number of aromatic hydroxyl groups is 2. The first-order valence-corrected chi connectivity index (χ1v) is 11.8. The van der Waals surface area contributed by atoms with E-state index >= 15 is 0 Å². The molecule has 0 amide bonds. The Kier molecular flexibility index (Phi) is 9.12. The van der Waals surface area contributed by atoms with Crippen LogP contribution in [0.5, 0.6) is 11.5 Å².